The molecule has 0 unspecified atom stereocenters. The molecule has 0 amide bonds. The summed E-state index contributed by atoms with van der Waals surface area (Å²) in [5, 5.41) is 0. The molecule has 1 nitrogen and oxygen atoms in total. The van der Waals surface area contributed by atoms with Crippen molar-refractivity contribution in [2.75, 3.05) is 7.11 Å². The molecule has 1 rings (SSSR count). The predicted molar refractivity (Wildman–Crippen MR) is 70.8 cm³/mol. The Morgan fingerprint density at radius 1 is 1.25 bits per heavy atom. The molecule has 0 heterocycles. The highest BCUT2D eigenvalue weighted by Crippen LogP contribution is 2.27. The van der Waals surface area contributed by atoms with E-state index in [1.165, 1.54) is 16.7 Å². The van der Waals surface area contributed by atoms with Crippen molar-refractivity contribution in [3.8, 4) is 5.75 Å². The molecule has 0 aromatic heterocycles. The maximum Gasteiger partial charge on any atom is 0.119 e. The summed E-state index contributed by atoms with van der Waals surface area (Å²) in [6.07, 6.45) is 2.31. The molecule has 0 saturated carbocycles. The van der Waals surface area contributed by atoms with Crippen molar-refractivity contribution in [3.63, 3.8) is 0 Å². The minimum Gasteiger partial charge on any atom is -0.497 e. The molecule has 88 valence electrons. The molecule has 0 bridgehead atoms. The molecule has 16 heavy (non-hydrogen) atoms. The lowest BCUT2D eigenvalue weighted by Gasteiger charge is -2.16. The van der Waals surface area contributed by atoms with Crippen LogP contribution in [0.15, 0.2) is 24.3 Å². The van der Waals surface area contributed by atoms with Crippen LogP contribution in [0.5, 0.6) is 5.75 Å². The highest BCUT2D eigenvalue weighted by molar-refractivity contribution is 5.67. The smallest absolute Gasteiger partial charge is 0.119 e. The standard InChI is InChI=1S/C15H22O/c1-11-9-13(16-6)7-8-14(11)12(2)10-15(3,4)5/h7-10H,1-6H3/b12-10-. The van der Waals surface area contributed by atoms with E-state index in [1.807, 2.05) is 6.07 Å². The number of rotatable bonds is 2. The van der Waals surface area contributed by atoms with Crippen LogP contribution in [-0.2, 0) is 0 Å². The van der Waals surface area contributed by atoms with Crippen molar-refractivity contribution in [2.24, 2.45) is 5.41 Å². The Balaban J connectivity index is 3.10. The van der Waals surface area contributed by atoms with E-state index >= 15 is 0 Å². The first kappa shape index (κ1) is 12.8. The van der Waals surface area contributed by atoms with E-state index in [9.17, 15) is 0 Å². The van der Waals surface area contributed by atoms with Gasteiger partial charge in [-0.05, 0) is 48.1 Å². The van der Waals surface area contributed by atoms with Gasteiger partial charge in [-0.1, -0.05) is 32.9 Å². The van der Waals surface area contributed by atoms with Gasteiger partial charge in [0.25, 0.3) is 0 Å². The molecule has 0 saturated heterocycles. The molecule has 0 fully saturated rings. The van der Waals surface area contributed by atoms with Gasteiger partial charge in [0.15, 0.2) is 0 Å². The first-order chi connectivity index (χ1) is 7.33. The number of benzene rings is 1. The van der Waals surface area contributed by atoms with Crippen LogP contribution in [0, 0.1) is 12.3 Å². The zero-order valence-corrected chi connectivity index (χ0v) is 11.2. The Morgan fingerprint density at radius 3 is 2.31 bits per heavy atom. The minimum absolute atomic E-state index is 0.219. The van der Waals surface area contributed by atoms with Gasteiger partial charge >= 0.3 is 0 Å². The molecule has 0 spiro atoms. The van der Waals surface area contributed by atoms with Gasteiger partial charge in [0.05, 0.1) is 7.11 Å². The lowest BCUT2D eigenvalue weighted by Crippen LogP contribution is -2.00. The van der Waals surface area contributed by atoms with Gasteiger partial charge in [0, 0.05) is 0 Å². The van der Waals surface area contributed by atoms with Crippen LogP contribution in [0.3, 0.4) is 0 Å². The Morgan fingerprint density at radius 2 is 1.88 bits per heavy atom. The topological polar surface area (TPSA) is 9.23 Å². The largest absolute Gasteiger partial charge is 0.497 e. The molecule has 0 atom stereocenters. The van der Waals surface area contributed by atoms with Crippen molar-refractivity contribution in [3.05, 3.63) is 35.4 Å². The molecule has 0 radical (unpaired) electrons. The van der Waals surface area contributed by atoms with E-state index in [0.717, 1.165) is 5.75 Å². The molecular weight excluding hydrogens is 196 g/mol. The summed E-state index contributed by atoms with van der Waals surface area (Å²) in [6.45, 7) is 10.9. The first-order valence-corrected chi connectivity index (χ1v) is 5.68. The second kappa shape index (κ2) is 4.73. The monoisotopic (exact) mass is 218 g/mol. The summed E-state index contributed by atoms with van der Waals surface area (Å²) < 4.78 is 5.21. The third-order valence-electron chi connectivity index (χ3n) is 2.51. The van der Waals surface area contributed by atoms with Crippen LogP contribution in [0.25, 0.3) is 5.57 Å². The lowest BCUT2D eigenvalue weighted by molar-refractivity contribution is 0.414. The highest BCUT2D eigenvalue weighted by Gasteiger charge is 2.09. The van der Waals surface area contributed by atoms with Gasteiger partial charge in [-0.2, -0.15) is 0 Å². The lowest BCUT2D eigenvalue weighted by atomic mass is 9.90. The van der Waals surface area contributed by atoms with Crippen molar-refractivity contribution in [1.29, 1.82) is 0 Å². The number of ether oxygens (including phenoxy) is 1. The number of hydrogen-bond donors (Lipinski definition) is 0. The van der Waals surface area contributed by atoms with Crippen LogP contribution >= 0.6 is 0 Å². The summed E-state index contributed by atoms with van der Waals surface area (Å²) in [4.78, 5) is 0. The summed E-state index contributed by atoms with van der Waals surface area (Å²) in [5.41, 5.74) is 4.11. The zero-order chi connectivity index (χ0) is 12.3. The molecular formula is C15H22O. The van der Waals surface area contributed by atoms with Crippen LogP contribution in [0.1, 0.15) is 38.8 Å². The molecule has 1 aromatic carbocycles. The average molecular weight is 218 g/mol. The first-order valence-electron chi connectivity index (χ1n) is 5.68. The minimum atomic E-state index is 0.219. The van der Waals surface area contributed by atoms with E-state index in [1.54, 1.807) is 7.11 Å². The Hall–Kier alpha value is -1.24. The van der Waals surface area contributed by atoms with Gasteiger partial charge in [-0.3, -0.25) is 0 Å². The van der Waals surface area contributed by atoms with E-state index in [2.05, 4.69) is 52.8 Å². The van der Waals surface area contributed by atoms with Crippen molar-refractivity contribution >= 4 is 5.57 Å². The number of aryl methyl sites for hydroxylation is 1. The summed E-state index contributed by atoms with van der Waals surface area (Å²) >= 11 is 0. The van der Waals surface area contributed by atoms with E-state index in [4.69, 9.17) is 4.74 Å². The van der Waals surface area contributed by atoms with Crippen molar-refractivity contribution in [2.45, 2.75) is 34.6 Å². The van der Waals surface area contributed by atoms with E-state index in [-0.39, 0.29) is 5.41 Å². The van der Waals surface area contributed by atoms with Gasteiger partial charge in [0.1, 0.15) is 5.75 Å². The second-order valence-electron chi connectivity index (χ2n) is 5.37. The summed E-state index contributed by atoms with van der Waals surface area (Å²) in [6, 6.07) is 6.23. The third-order valence-corrected chi connectivity index (χ3v) is 2.51. The number of methoxy groups -OCH3 is 1. The summed E-state index contributed by atoms with van der Waals surface area (Å²) in [5.74, 6) is 0.921. The molecule has 1 heteroatoms. The zero-order valence-electron chi connectivity index (χ0n) is 11.2. The fourth-order valence-corrected chi connectivity index (χ4v) is 1.93. The van der Waals surface area contributed by atoms with Gasteiger partial charge < -0.3 is 4.74 Å². The molecule has 0 aliphatic rings. The molecule has 0 aliphatic carbocycles. The number of allylic oxidation sites excluding steroid dienone is 2. The Kier molecular flexibility index (Phi) is 3.79. The van der Waals surface area contributed by atoms with Gasteiger partial charge in [-0.15, -0.1) is 0 Å². The normalized spacial score (nSPS) is 12.8. The fraction of sp³-hybridized carbons (Fsp3) is 0.467. The maximum atomic E-state index is 5.21. The molecule has 1 aromatic rings. The third kappa shape index (κ3) is 3.41. The van der Waals surface area contributed by atoms with Crippen LogP contribution in [-0.4, -0.2) is 7.11 Å². The Bertz CT molecular complexity index is 394. The average Bonchev–Trinajstić information content (AvgIpc) is 2.14. The van der Waals surface area contributed by atoms with Crippen LogP contribution in [0.4, 0.5) is 0 Å². The van der Waals surface area contributed by atoms with E-state index < -0.39 is 0 Å². The summed E-state index contributed by atoms with van der Waals surface area (Å²) in [7, 11) is 1.70. The quantitative estimate of drug-likeness (QED) is 0.712. The Labute approximate surface area is 99.1 Å². The van der Waals surface area contributed by atoms with Gasteiger partial charge in [0.2, 0.25) is 0 Å². The fourth-order valence-electron chi connectivity index (χ4n) is 1.93. The van der Waals surface area contributed by atoms with E-state index in [0.29, 0.717) is 0 Å². The predicted octanol–water partition coefficient (Wildman–Crippen LogP) is 4.45. The van der Waals surface area contributed by atoms with Crippen molar-refractivity contribution < 1.29 is 4.74 Å². The maximum absolute atomic E-state index is 5.21. The number of hydrogen-bond acceptors (Lipinski definition) is 1. The molecule has 0 N–H and O–H groups in total. The molecule has 0 aliphatic heterocycles. The second-order valence-corrected chi connectivity index (χ2v) is 5.37. The highest BCUT2D eigenvalue weighted by atomic mass is 16.5. The van der Waals surface area contributed by atoms with Crippen LogP contribution < -0.4 is 4.74 Å². The van der Waals surface area contributed by atoms with Crippen molar-refractivity contribution in [1.82, 2.24) is 0 Å². The SMILES string of the molecule is COc1ccc(/C(C)=C\C(C)(C)C)c(C)c1. The van der Waals surface area contributed by atoms with Gasteiger partial charge in [-0.25, -0.2) is 0 Å². The van der Waals surface area contributed by atoms with Crippen LogP contribution in [0.2, 0.25) is 0 Å².